The monoisotopic (exact) mass is 436 g/mol. The fraction of sp³-hybridized carbons (Fsp3) is 0.238. The van der Waals surface area contributed by atoms with E-state index < -0.39 is 31.0 Å². The zero-order valence-electron chi connectivity index (χ0n) is 17.6. The zero-order chi connectivity index (χ0) is 23.5. The van der Waals surface area contributed by atoms with Crippen molar-refractivity contribution in [3.05, 3.63) is 71.8 Å². The maximum Gasteiger partial charge on any atom is 0.552 e. The maximum absolute atomic E-state index is 11.5. The number of carbonyl (C=O) groups is 4. The normalized spacial score (nSPS) is 8.65. The van der Waals surface area contributed by atoms with Crippen LogP contribution in [0.3, 0.4) is 0 Å². The van der Waals surface area contributed by atoms with Crippen LogP contribution in [0.4, 0.5) is 9.59 Å². The number of carbonyl (C=O) groups excluding carboxylic acids is 4. The lowest BCUT2D eigenvalue weighted by atomic mass is 10.2. The van der Waals surface area contributed by atoms with Crippen LogP contribution in [0.5, 0.6) is 0 Å². The quantitative estimate of drug-likeness (QED) is 0.284. The van der Waals surface area contributed by atoms with Gasteiger partial charge in [-0.2, -0.15) is 9.59 Å². The number of ether oxygens (including phenoxy) is 2. The van der Waals surface area contributed by atoms with Gasteiger partial charge in [0.15, 0.2) is 0 Å². The minimum Gasteiger partial charge on any atom is -0.394 e. The van der Waals surface area contributed by atoms with Crippen LogP contribution in [0.1, 0.15) is 48.4 Å². The van der Waals surface area contributed by atoms with E-state index in [1.54, 1.807) is 36.4 Å². The predicted octanol–water partition coefficient (Wildman–Crippen LogP) is 4.85. The fourth-order valence-corrected chi connectivity index (χ4v) is 1.56. The van der Waals surface area contributed by atoms with Gasteiger partial charge in [-0.05, 0) is 24.3 Å². The Labute approximate surface area is 179 Å². The van der Waals surface area contributed by atoms with Crippen LogP contribution in [0.2, 0.25) is 0 Å². The van der Waals surface area contributed by atoms with Crippen LogP contribution >= 0.6 is 0 Å². The van der Waals surface area contributed by atoms with E-state index in [9.17, 15) is 19.2 Å². The van der Waals surface area contributed by atoms with Gasteiger partial charge in [0.1, 0.15) is 0 Å². The summed E-state index contributed by atoms with van der Waals surface area (Å²) in [4.78, 5) is 61.9. The molecule has 168 valence electrons. The fourth-order valence-electron chi connectivity index (χ4n) is 1.56. The van der Waals surface area contributed by atoms with Crippen LogP contribution in [-0.2, 0) is 29.0 Å². The van der Waals surface area contributed by atoms with Gasteiger partial charge in [0, 0.05) is 0 Å². The topological polar surface area (TPSA) is 124 Å². The van der Waals surface area contributed by atoms with Gasteiger partial charge >= 0.3 is 24.2 Å². The molecule has 0 fully saturated rings. The van der Waals surface area contributed by atoms with Gasteiger partial charge in [-0.25, -0.2) is 29.1 Å². The average Bonchev–Trinajstić information content (AvgIpc) is 2.84. The highest BCUT2D eigenvalue weighted by Crippen LogP contribution is 2.03. The molecule has 0 aliphatic heterocycles. The molecule has 31 heavy (non-hydrogen) atoms. The number of benzene rings is 2. The summed E-state index contributed by atoms with van der Waals surface area (Å²) in [6.45, 7) is 7.06. The zero-order valence-corrected chi connectivity index (χ0v) is 17.6. The molecule has 10 heteroatoms. The molecule has 0 amide bonds. The molecule has 0 saturated heterocycles. The van der Waals surface area contributed by atoms with E-state index in [1.807, 2.05) is 27.7 Å². The first kappa shape index (κ1) is 26.9. The molecule has 0 radical (unpaired) electrons. The smallest absolute Gasteiger partial charge is 0.394 e. The van der Waals surface area contributed by atoms with E-state index in [0.717, 1.165) is 0 Å². The van der Waals surface area contributed by atoms with E-state index >= 15 is 0 Å². The largest absolute Gasteiger partial charge is 0.552 e. The van der Waals surface area contributed by atoms with Crippen LogP contribution < -0.4 is 0 Å². The van der Waals surface area contributed by atoms with Crippen LogP contribution in [-0.4, -0.2) is 31.0 Å². The van der Waals surface area contributed by atoms with E-state index in [1.165, 1.54) is 24.3 Å². The van der Waals surface area contributed by atoms with Gasteiger partial charge < -0.3 is 9.47 Å². The first-order valence-corrected chi connectivity index (χ1v) is 9.27. The van der Waals surface area contributed by atoms with Crippen molar-refractivity contribution in [1.82, 2.24) is 0 Å². The molecular formula is C21H24O10. The molecule has 0 saturated carbocycles. The first-order valence-electron chi connectivity index (χ1n) is 9.27. The Balaban J connectivity index is 0.00000212. The lowest BCUT2D eigenvalue weighted by Crippen LogP contribution is -2.18. The van der Waals surface area contributed by atoms with Crippen molar-refractivity contribution < 1.29 is 48.2 Å². The van der Waals surface area contributed by atoms with E-state index in [0.29, 0.717) is 0 Å². The molecule has 0 unspecified atom stereocenters. The molecule has 0 aliphatic rings. The summed E-state index contributed by atoms with van der Waals surface area (Å²) in [5, 5.41) is 0. The molecule has 2 rings (SSSR count). The molecule has 0 atom stereocenters. The van der Waals surface area contributed by atoms with Gasteiger partial charge in [0.25, 0.3) is 0 Å². The highest BCUT2D eigenvalue weighted by atomic mass is 17.3. The molecule has 0 aliphatic carbocycles. The molecule has 0 aromatic heterocycles. The Morgan fingerprint density at radius 3 is 1.19 bits per heavy atom. The van der Waals surface area contributed by atoms with Crippen LogP contribution in [0.15, 0.2) is 60.7 Å². The first-order chi connectivity index (χ1) is 15.1. The summed E-state index contributed by atoms with van der Waals surface area (Å²) in [6.07, 6.45) is -2.90. The Morgan fingerprint density at radius 2 is 0.871 bits per heavy atom. The third-order valence-corrected chi connectivity index (χ3v) is 2.74. The number of hydrogen-bond acceptors (Lipinski definition) is 10. The Bertz CT molecular complexity index is 723. The second kappa shape index (κ2) is 16.8. The van der Waals surface area contributed by atoms with Gasteiger partial charge in [0.05, 0.1) is 11.1 Å². The maximum atomic E-state index is 11.5. The van der Waals surface area contributed by atoms with Gasteiger partial charge in [-0.3, -0.25) is 0 Å². The molecular weight excluding hydrogens is 412 g/mol. The van der Waals surface area contributed by atoms with Crippen molar-refractivity contribution in [2.45, 2.75) is 27.7 Å². The Hall–Kier alpha value is -4.08. The van der Waals surface area contributed by atoms with Gasteiger partial charge in [-0.1, -0.05) is 64.1 Å². The predicted molar refractivity (Wildman–Crippen MR) is 106 cm³/mol. The minimum absolute atomic E-state index is 0.144. The Morgan fingerprint density at radius 1 is 0.548 bits per heavy atom. The highest BCUT2D eigenvalue weighted by Gasteiger charge is 2.16. The van der Waals surface area contributed by atoms with Crippen LogP contribution in [0.25, 0.3) is 0 Å². The average molecular weight is 436 g/mol. The molecule has 0 bridgehead atoms. The van der Waals surface area contributed by atoms with Crippen molar-refractivity contribution >= 4 is 24.2 Å². The summed E-state index contributed by atoms with van der Waals surface area (Å²) in [6, 6.07) is 15.4. The molecule has 0 spiro atoms. The summed E-state index contributed by atoms with van der Waals surface area (Å²) in [7, 11) is 0. The van der Waals surface area contributed by atoms with Crippen molar-refractivity contribution in [2.24, 2.45) is 0 Å². The molecule has 0 N–H and O–H groups in total. The molecule has 2 aromatic rings. The standard InChI is InChI=1S/C17H12O10.2C2H6/c18-14(12-7-3-1-4-8-12)24-26-16(20)22-11-23-17(21)27-25-15(19)13-9-5-2-6-10-13;2*1-2/h1-10H,11H2;2*1-2H3. The lowest BCUT2D eigenvalue weighted by Gasteiger charge is -2.05. The summed E-state index contributed by atoms with van der Waals surface area (Å²) >= 11 is 0. The van der Waals surface area contributed by atoms with Crippen molar-refractivity contribution in [3.63, 3.8) is 0 Å². The highest BCUT2D eigenvalue weighted by molar-refractivity contribution is 5.89. The minimum atomic E-state index is -1.45. The van der Waals surface area contributed by atoms with Crippen LogP contribution in [0, 0.1) is 0 Å². The Kier molecular flexibility index (Phi) is 14.6. The second-order valence-electron chi connectivity index (χ2n) is 4.55. The second-order valence-corrected chi connectivity index (χ2v) is 4.55. The van der Waals surface area contributed by atoms with E-state index in [4.69, 9.17) is 0 Å². The van der Waals surface area contributed by atoms with E-state index in [-0.39, 0.29) is 11.1 Å². The molecule has 10 nitrogen and oxygen atoms in total. The summed E-state index contributed by atoms with van der Waals surface area (Å²) in [5.41, 5.74) is 0.288. The van der Waals surface area contributed by atoms with Crippen molar-refractivity contribution in [2.75, 3.05) is 6.79 Å². The molecule has 2 aromatic carbocycles. The van der Waals surface area contributed by atoms with Gasteiger partial charge in [0.2, 0.25) is 6.79 Å². The van der Waals surface area contributed by atoms with Crippen molar-refractivity contribution in [3.8, 4) is 0 Å². The summed E-state index contributed by atoms with van der Waals surface area (Å²) < 4.78 is 8.58. The number of hydrogen-bond donors (Lipinski definition) is 0. The van der Waals surface area contributed by atoms with Crippen molar-refractivity contribution in [1.29, 1.82) is 0 Å². The van der Waals surface area contributed by atoms with Gasteiger partial charge in [-0.15, -0.1) is 0 Å². The lowest BCUT2D eigenvalue weighted by molar-refractivity contribution is -0.223. The van der Waals surface area contributed by atoms with E-state index in [2.05, 4.69) is 29.0 Å². The third kappa shape index (κ3) is 11.5. The SMILES string of the molecule is CC.CC.O=C(OCOC(=O)OOC(=O)c1ccccc1)OOC(=O)c1ccccc1. The number of rotatable bonds is 4. The summed E-state index contributed by atoms with van der Waals surface area (Å²) in [5.74, 6) is -1.86. The molecule has 0 heterocycles. The third-order valence-electron chi connectivity index (χ3n) is 2.74.